The molecule has 0 unspecified atom stereocenters. The Kier molecular flexibility index (Phi) is 5.11. The summed E-state index contributed by atoms with van der Waals surface area (Å²) in [5, 5.41) is 9.32. The second kappa shape index (κ2) is 6.50. The van der Waals surface area contributed by atoms with Crippen LogP contribution < -0.4 is 0 Å². The van der Waals surface area contributed by atoms with E-state index in [0.717, 1.165) is 25.7 Å². The topological polar surface area (TPSA) is 62.5 Å². The highest BCUT2D eigenvalue weighted by Gasteiger charge is 2.31. The summed E-state index contributed by atoms with van der Waals surface area (Å²) < 4.78 is 28.8. The molecule has 1 aliphatic carbocycles. The first-order valence-corrected chi connectivity index (χ1v) is 9.12. The number of rotatable bonds is 5. The molecule has 21 heavy (non-hydrogen) atoms. The van der Waals surface area contributed by atoms with E-state index in [1.807, 2.05) is 6.92 Å². The minimum Gasteiger partial charge on any atom is -0.390 e. The molecule has 0 bridgehead atoms. The third-order valence-corrected chi connectivity index (χ3v) is 6.52. The molecule has 6 heteroatoms. The van der Waals surface area contributed by atoms with E-state index >= 15 is 0 Å². The number of aryl methyl sites for hydroxylation is 1. The van der Waals surface area contributed by atoms with E-state index in [0.29, 0.717) is 18.2 Å². The first kappa shape index (κ1) is 16.5. The number of aliphatic hydroxyl groups is 1. The van der Waals surface area contributed by atoms with Gasteiger partial charge in [0.05, 0.1) is 6.61 Å². The highest BCUT2D eigenvalue weighted by atomic mass is 32.2. The number of sulfonamides is 1. The summed E-state index contributed by atoms with van der Waals surface area (Å²) in [5.41, 5.74) is 0.641. The Labute approximate surface area is 127 Å². The quantitative estimate of drug-likeness (QED) is 0.906. The molecule has 2 rings (SSSR count). The Bertz CT molecular complexity index is 550. The summed E-state index contributed by atoms with van der Waals surface area (Å²) >= 11 is 0. The van der Waals surface area contributed by atoms with Crippen molar-refractivity contribution in [2.45, 2.75) is 63.6 Å². The lowest BCUT2D eigenvalue weighted by molar-refractivity contribution is 0.246. The van der Waals surface area contributed by atoms with Crippen LogP contribution in [0.15, 0.2) is 17.2 Å². The zero-order valence-corrected chi connectivity index (χ0v) is 13.9. The van der Waals surface area contributed by atoms with Crippen LogP contribution in [0.2, 0.25) is 0 Å². The molecular formula is C15H26N2O3S. The van der Waals surface area contributed by atoms with Crippen LogP contribution in [0, 0.1) is 5.92 Å². The molecular weight excluding hydrogens is 288 g/mol. The van der Waals surface area contributed by atoms with Crippen LogP contribution in [-0.2, 0) is 23.2 Å². The van der Waals surface area contributed by atoms with E-state index in [1.54, 1.807) is 23.9 Å². The summed E-state index contributed by atoms with van der Waals surface area (Å²) in [6.07, 6.45) is 5.66. The van der Waals surface area contributed by atoms with Gasteiger partial charge in [-0.25, -0.2) is 8.42 Å². The third-order valence-electron chi connectivity index (χ3n) is 4.64. The van der Waals surface area contributed by atoms with Gasteiger partial charge in [-0.3, -0.25) is 0 Å². The molecule has 0 atom stereocenters. The van der Waals surface area contributed by atoms with Gasteiger partial charge in [0.1, 0.15) is 4.90 Å². The Morgan fingerprint density at radius 3 is 2.43 bits per heavy atom. The van der Waals surface area contributed by atoms with Gasteiger partial charge in [-0.2, -0.15) is 4.31 Å². The number of aromatic nitrogens is 1. The van der Waals surface area contributed by atoms with Crippen LogP contribution in [0.3, 0.4) is 0 Å². The molecule has 0 aromatic carbocycles. The van der Waals surface area contributed by atoms with Crippen LogP contribution in [0.1, 0.15) is 45.2 Å². The Morgan fingerprint density at radius 1 is 1.33 bits per heavy atom. The largest absolute Gasteiger partial charge is 0.390 e. The lowest BCUT2D eigenvalue weighted by atomic mass is 9.87. The van der Waals surface area contributed by atoms with Crippen molar-refractivity contribution in [3.63, 3.8) is 0 Å². The van der Waals surface area contributed by atoms with Crippen molar-refractivity contribution in [3.8, 4) is 0 Å². The van der Waals surface area contributed by atoms with Gasteiger partial charge in [0.2, 0.25) is 10.0 Å². The summed E-state index contributed by atoms with van der Waals surface area (Å²) in [6, 6.07) is 1.68. The van der Waals surface area contributed by atoms with E-state index in [4.69, 9.17) is 0 Å². The molecule has 1 aliphatic rings. The predicted molar refractivity (Wildman–Crippen MR) is 82.4 cm³/mol. The number of hydrogen-bond acceptors (Lipinski definition) is 3. The third kappa shape index (κ3) is 3.33. The Morgan fingerprint density at radius 2 is 1.95 bits per heavy atom. The van der Waals surface area contributed by atoms with E-state index in [9.17, 15) is 13.5 Å². The van der Waals surface area contributed by atoms with Crippen LogP contribution in [0.5, 0.6) is 0 Å². The maximum atomic E-state index is 12.7. The van der Waals surface area contributed by atoms with Crippen LogP contribution in [-0.4, -0.2) is 35.5 Å². The number of nitrogens with zero attached hydrogens (tertiary/aromatic N) is 2. The van der Waals surface area contributed by atoms with Crippen molar-refractivity contribution in [1.29, 1.82) is 0 Å². The Balaban J connectivity index is 2.22. The molecule has 1 N–H and O–H groups in total. The Hall–Kier alpha value is -0.850. The molecule has 1 fully saturated rings. The molecule has 0 saturated heterocycles. The molecule has 120 valence electrons. The van der Waals surface area contributed by atoms with Gasteiger partial charge < -0.3 is 9.67 Å². The SMILES string of the molecule is CCn1cc(S(=O)(=O)N(C)C2CCC(C)CC2)cc1CO. The van der Waals surface area contributed by atoms with Crippen molar-refractivity contribution < 1.29 is 13.5 Å². The first-order chi connectivity index (χ1) is 9.90. The van der Waals surface area contributed by atoms with E-state index in [1.165, 1.54) is 4.31 Å². The van der Waals surface area contributed by atoms with Crippen LogP contribution >= 0.6 is 0 Å². The smallest absolute Gasteiger partial charge is 0.244 e. The molecule has 1 saturated carbocycles. The summed E-state index contributed by atoms with van der Waals surface area (Å²) in [5.74, 6) is 0.694. The number of aliphatic hydroxyl groups excluding tert-OH is 1. The minimum atomic E-state index is -3.48. The van der Waals surface area contributed by atoms with E-state index in [2.05, 4.69) is 6.92 Å². The van der Waals surface area contributed by atoms with Gasteiger partial charge in [-0.05, 0) is 44.6 Å². The molecule has 1 heterocycles. The van der Waals surface area contributed by atoms with Crippen LogP contribution in [0.4, 0.5) is 0 Å². The number of hydrogen-bond donors (Lipinski definition) is 1. The second-order valence-electron chi connectivity index (χ2n) is 6.05. The van der Waals surface area contributed by atoms with Gasteiger partial charge in [0.25, 0.3) is 0 Å². The monoisotopic (exact) mass is 314 g/mol. The van der Waals surface area contributed by atoms with Crippen molar-refractivity contribution in [2.24, 2.45) is 5.92 Å². The zero-order valence-electron chi connectivity index (χ0n) is 13.1. The molecule has 1 aromatic heterocycles. The molecule has 5 nitrogen and oxygen atoms in total. The highest BCUT2D eigenvalue weighted by Crippen LogP contribution is 2.30. The predicted octanol–water partition coefficient (Wildman–Crippen LogP) is 2.20. The van der Waals surface area contributed by atoms with Gasteiger partial charge in [0.15, 0.2) is 0 Å². The summed E-state index contributed by atoms with van der Waals surface area (Å²) in [7, 11) is -1.80. The average molecular weight is 314 g/mol. The average Bonchev–Trinajstić information content (AvgIpc) is 2.91. The lowest BCUT2D eigenvalue weighted by Gasteiger charge is -2.32. The molecule has 0 radical (unpaired) electrons. The first-order valence-electron chi connectivity index (χ1n) is 7.68. The maximum absolute atomic E-state index is 12.7. The summed E-state index contributed by atoms with van der Waals surface area (Å²) in [4.78, 5) is 0.287. The van der Waals surface area contributed by atoms with Crippen molar-refractivity contribution in [3.05, 3.63) is 18.0 Å². The van der Waals surface area contributed by atoms with Gasteiger partial charge in [0, 0.05) is 31.5 Å². The van der Waals surface area contributed by atoms with Gasteiger partial charge >= 0.3 is 0 Å². The van der Waals surface area contributed by atoms with E-state index in [-0.39, 0.29) is 17.5 Å². The fraction of sp³-hybridized carbons (Fsp3) is 0.733. The van der Waals surface area contributed by atoms with Crippen LogP contribution in [0.25, 0.3) is 0 Å². The molecule has 0 amide bonds. The highest BCUT2D eigenvalue weighted by molar-refractivity contribution is 7.89. The fourth-order valence-electron chi connectivity index (χ4n) is 3.06. The minimum absolute atomic E-state index is 0.0914. The van der Waals surface area contributed by atoms with Crippen molar-refractivity contribution in [1.82, 2.24) is 8.87 Å². The van der Waals surface area contributed by atoms with Gasteiger partial charge in [-0.1, -0.05) is 6.92 Å². The van der Waals surface area contributed by atoms with Crippen molar-refractivity contribution >= 4 is 10.0 Å². The normalized spacial score (nSPS) is 23.7. The van der Waals surface area contributed by atoms with E-state index < -0.39 is 10.0 Å². The maximum Gasteiger partial charge on any atom is 0.244 e. The second-order valence-corrected chi connectivity index (χ2v) is 8.04. The van der Waals surface area contributed by atoms with Crippen molar-refractivity contribution in [2.75, 3.05) is 7.05 Å². The fourth-order valence-corrected chi connectivity index (χ4v) is 4.54. The lowest BCUT2D eigenvalue weighted by Crippen LogP contribution is -2.39. The van der Waals surface area contributed by atoms with Gasteiger partial charge in [-0.15, -0.1) is 0 Å². The zero-order chi connectivity index (χ0) is 15.6. The summed E-state index contributed by atoms with van der Waals surface area (Å²) in [6.45, 7) is 4.66. The molecule has 0 aliphatic heterocycles. The molecule has 0 spiro atoms. The molecule has 1 aromatic rings. The standard InChI is InChI=1S/C15H26N2O3S/c1-4-17-10-15(9-14(17)11-18)21(19,20)16(3)13-7-5-12(2)6-8-13/h9-10,12-13,18H,4-8,11H2,1-3H3.